The fourth-order valence-electron chi connectivity index (χ4n) is 3.14. The lowest BCUT2D eigenvalue weighted by atomic mass is 9.83. The Hall–Kier alpha value is -2.10. The number of hydrogen-bond acceptors (Lipinski definition) is 3. The highest BCUT2D eigenvalue weighted by Gasteiger charge is 2.29. The van der Waals surface area contributed by atoms with Gasteiger partial charge in [-0.3, -0.25) is 4.79 Å². The highest BCUT2D eigenvalue weighted by Crippen LogP contribution is 2.28. The molecule has 1 heterocycles. The average Bonchev–Trinajstić information content (AvgIpc) is 2.47. The van der Waals surface area contributed by atoms with Crippen LogP contribution < -0.4 is 11.1 Å². The summed E-state index contributed by atoms with van der Waals surface area (Å²) in [5, 5.41) is 4.98. The van der Waals surface area contributed by atoms with Crippen molar-refractivity contribution >= 4 is 22.5 Å². The van der Waals surface area contributed by atoms with Crippen LogP contribution in [0.4, 0.5) is 5.82 Å². The highest BCUT2D eigenvalue weighted by atomic mass is 16.2. The third kappa shape index (κ3) is 2.84. The number of nitrogens with two attached hydrogens (primary N) is 1. The van der Waals surface area contributed by atoms with Crippen LogP contribution in [0, 0.1) is 0 Å². The predicted octanol–water partition coefficient (Wildman–Crippen LogP) is 3.27. The Balaban J connectivity index is 1.87. The van der Waals surface area contributed by atoms with Crippen molar-refractivity contribution in [2.24, 2.45) is 0 Å². The van der Waals surface area contributed by atoms with Gasteiger partial charge in [0.25, 0.3) is 5.91 Å². The molecule has 21 heavy (non-hydrogen) atoms. The second kappa shape index (κ2) is 5.35. The molecule has 0 saturated heterocycles. The van der Waals surface area contributed by atoms with E-state index in [1.165, 1.54) is 19.3 Å². The largest absolute Gasteiger partial charge is 0.383 e. The molecular weight excluding hydrogens is 262 g/mol. The SMILES string of the molecule is CC1(NC(=O)c2cc3ccccc3c(N)n2)CCCCC1. The van der Waals surface area contributed by atoms with Gasteiger partial charge in [0.1, 0.15) is 11.5 Å². The standard InChI is InChI=1S/C17H21N3O/c1-17(9-5-2-6-10-17)20-16(21)14-11-12-7-3-4-8-13(12)15(18)19-14/h3-4,7-8,11H,2,5-6,9-10H2,1H3,(H2,18,19)(H,20,21). The molecule has 0 spiro atoms. The van der Waals surface area contributed by atoms with Gasteiger partial charge in [0.05, 0.1) is 0 Å². The zero-order chi connectivity index (χ0) is 14.9. The van der Waals surface area contributed by atoms with E-state index in [1.54, 1.807) is 0 Å². The molecule has 1 fully saturated rings. The van der Waals surface area contributed by atoms with Crippen molar-refractivity contribution in [1.29, 1.82) is 0 Å². The topological polar surface area (TPSA) is 68.0 Å². The molecule has 1 saturated carbocycles. The number of nitrogen functional groups attached to an aromatic ring is 1. The molecule has 0 radical (unpaired) electrons. The molecule has 0 aliphatic heterocycles. The fourth-order valence-corrected chi connectivity index (χ4v) is 3.14. The van der Waals surface area contributed by atoms with E-state index in [-0.39, 0.29) is 11.4 Å². The zero-order valence-electron chi connectivity index (χ0n) is 12.4. The first-order chi connectivity index (χ1) is 10.1. The van der Waals surface area contributed by atoms with Gasteiger partial charge in [0, 0.05) is 10.9 Å². The number of pyridine rings is 1. The van der Waals surface area contributed by atoms with Gasteiger partial charge in [-0.2, -0.15) is 0 Å². The minimum atomic E-state index is -0.128. The molecule has 1 aromatic carbocycles. The van der Waals surface area contributed by atoms with Crippen LogP contribution >= 0.6 is 0 Å². The molecule has 0 atom stereocenters. The lowest BCUT2D eigenvalue weighted by Gasteiger charge is -2.34. The minimum absolute atomic E-state index is 0.114. The van der Waals surface area contributed by atoms with Crippen molar-refractivity contribution in [3.8, 4) is 0 Å². The molecule has 1 amide bonds. The van der Waals surface area contributed by atoms with E-state index in [0.29, 0.717) is 11.5 Å². The number of hydrogen-bond donors (Lipinski definition) is 2. The zero-order valence-corrected chi connectivity index (χ0v) is 12.4. The first-order valence-corrected chi connectivity index (χ1v) is 7.55. The van der Waals surface area contributed by atoms with E-state index >= 15 is 0 Å². The molecule has 0 bridgehead atoms. The van der Waals surface area contributed by atoms with Gasteiger partial charge in [-0.25, -0.2) is 4.98 Å². The van der Waals surface area contributed by atoms with Gasteiger partial charge < -0.3 is 11.1 Å². The Kier molecular flexibility index (Phi) is 3.53. The molecule has 4 nitrogen and oxygen atoms in total. The van der Waals surface area contributed by atoms with Crippen LogP contribution in [0.15, 0.2) is 30.3 Å². The van der Waals surface area contributed by atoms with Crippen LogP contribution in [0.5, 0.6) is 0 Å². The summed E-state index contributed by atoms with van der Waals surface area (Å²) in [7, 11) is 0. The summed E-state index contributed by atoms with van der Waals surface area (Å²) in [4.78, 5) is 16.7. The number of amides is 1. The molecule has 110 valence electrons. The van der Waals surface area contributed by atoms with E-state index < -0.39 is 0 Å². The van der Waals surface area contributed by atoms with Crippen molar-refractivity contribution in [2.45, 2.75) is 44.6 Å². The van der Waals surface area contributed by atoms with Gasteiger partial charge in [0.2, 0.25) is 0 Å². The normalized spacial score (nSPS) is 17.6. The smallest absolute Gasteiger partial charge is 0.270 e. The van der Waals surface area contributed by atoms with Crippen molar-refractivity contribution < 1.29 is 4.79 Å². The summed E-state index contributed by atoms with van der Waals surface area (Å²) in [6.07, 6.45) is 5.66. The Morgan fingerprint density at radius 1 is 1.24 bits per heavy atom. The summed E-state index contributed by atoms with van der Waals surface area (Å²) < 4.78 is 0. The summed E-state index contributed by atoms with van der Waals surface area (Å²) >= 11 is 0. The number of benzene rings is 1. The average molecular weight is 283 g/mol. The minimum Gasteiger partial charge on any atom is -0.383 e. The van der Waals surface area contributed by atoms with Gasteiger partial charge in [-0.1, -0.05) is 43.5 Å². The molecule has 4 heteroatoms. The fraction of sp³-hybridized carbons (Fsp3) is 0.412. The third-order valence-corrected chi connectivity index (χ3v) is 4.37. The number of anilines is 1. The van der Waals surface area contributed by atoms with Gasteiger partial charge >= 0.3 is 0 Å². The van der Waals surface area contributed by atoms with E-state index in [1.807, 2.05) is 30.3 Å². The van der Waals surface area contributed by atoms with Gasteiger partial charge in [0.15, 0.2) is 0 Å². The van der Waals surface area contributed by atoms with Gasteiger partial charge in [-0.15, -0.1) is 0 Å². The number of carbonyl (C=O) groups excluding carboxylic acids is 1. The van der Waals surface area contributed by atoms with Crippen LogP contribution in [0.1, 0.15) is 49.5 Å². The van der Waals surface area contributed by atoms with Crippen molar-refractivity contribution in [1.82, 2.24) is 10.3 Å². The van der Waals surface area contributed by atoms with E-state index in [2.05, 4.69) is 17.2 Å². The quantitative estimate of drug-likeness (QED) is 0.888. The number of aromatic nitrogens is 1. The maximum atomic E-state index is 12.5. The number of fused-ring (bicyclic) bond motifs is 1. The van der Waals surface area contributed by atoms with Crippen molar-refractivity contribution in [3.63, 3.8) is 0 Å². The second-order valence-electron chi connectivity index (χ2n) is 6.19. The first kappa shape index (κ1) is 13.9. The van der Waals surface area contributed by atoms with E-state index in [0.717, 1.165) is 23.6 Å². The Morgan fingerprint density at radius 3 is 2.71 bits per heavy atom. The molecule has 3 rings (SSSR count). The Morgan fingerprint density at radius 2 is 1.95 bits per heavy atom. The molecule has 2 aromatic rings. The number of rotatable bonds is 2. The second-order valence-corrected chi connectivity index (χ2v) is 6.19. The Labute approximate surface area is 124 Å². The maximum Gasteiger partial charge on any atom is 0.270 e. The molecule has 1 aliphatic carbocycles. The van der Waals surface area contributed by atoms with Crippen molar-refractivity contribution in [3.05, 3.63) is 36.0 Å². The van der Waals surface area contributed by atoms with Crippen LogP contribution in [0.3, 0.4) is 0 Å². The van der Waals surface area contributed by atoms with Crippen LogP contribution in [-0.2, 0) is 0 Å². The van der Waals surface area contributed by atoms with Crippen LogP contribution in [0.2, 0.25) is 0 Å². The monoisotopic (exact) mass is 283 g/mol. The van der Waals surface area contributed by atoms with E-state index in [4.69, 9.17) is 5.73 Å². The van der Waals surface area contributed by atoms with Crippen molar-refractivity contribution in [2.75, 3.05) is 5.73 Å². The molecule has 0 unspecified atom stereocenters. The molecule has 3 N–H and O–H groups in total. The first-order valence-electron chi connectivity index (χ1n) is 7.55. The summed E-state index contributed by atoms with van der Waals surface area (Å²) in [5.41, 5.74) is 6.26. The van der Waals surface area contributed by atoms with Crippen LogP contribution in [-0.4, -0.2) is 16.4 Å². The maximum absolute atomic E-state index is 12.5. The molecule has 1 aliphatic rings. The van der Waals surface area contributed by atoms with Gasteiger partial charge in [-0.05, 0) is 31.2 Å². The summed E-state index contributed by atoms with van der Waals surface area (Å²) in [6.45, 7) is 2.12. The summed E-state index contributed by atoms with van der Waals surface area (Å²) in [6, 6.07) is 9.54. The van der Waals surface area contributed by atoms with E-state index in [9.17, 15) is 4.79 Å². The van der Waals surface area contributed by atoms with Crippen LogP contribution in [0.25, 0.3) is 10.8 Å². The third-order valence-electron chi connectivity index (χ3n) is 4.37. The molecule has 1 aromatic heterocycles. The highest BCUT2D eigenvalue weighted by molar-refractivity contribution is 6.00. The predicted molar refractivity (Wildman–Crippen MR) is 85.1 cm³/mol. The lowest BCUT2D eigenvalue weighted by Crippen LogP contribution is -2.47. The Bertz CT molecular complexity index is 675. The number of nitrogens with one attached hydrogen (secondary N) is 1. The lowest BCUT2D eigenvalue weighted by molar-refractivity contribution is 0.0878. The number of nitrogens with zero attached hydrogens (tertiary/aromatic N) is 1. The number of carbonyl (C=O) groups is 1. The summed E-state index contributed by atoms with van der Waals surface area (Å²) in [5.74, 6) is 0.281. The molecular formula is C17H21N3O.